The van der Waals surface area contributed by atoms with E-state index in [1.807, 2.05) is 42.5 Å². The second kappa shape index (κ2) is 10.6. The maximum atomic E-state index is 12.5. The van der Waals surface area contributed by atoms with Crippen molar-refractivity contribution < 1.29 is 9.59 Å². The first kappa shape index (κ1) is 21.6. The number of hydrogen-bond acceptors (Lipinski definition) is 5. The number of para-hydroxylation sites is 1. The number of likely N-dealkylation sites (tertiary alicyclic amines) is 1. The van der Waals surface area contributed by atoms with Gasteiger partial charge in [0.25, 0.3) is 11.8 Å². The summed E-state index contributed by atoms with van der Waals surface area (Å²) in [7, 11) is 0. The average molecular weight is 430 g/mol. The van der Waals surface area contributed by atoms with Gasteiger partial charge in [-0.2, -0.15) is 0 Å². The van der Waals surface area contributed by atoms with Crippen molar-refractivity contribution in [1.82, 2.24) is 20.2 Å². The number of carbonyl (C=O) groups excluding carboxylic acids is 2. The van der Waals surface area contributed by atoms with Crippen molar-refractivity contribution in [3.63, 3.8) is 0 Å². The molecule has 2 N–H and O–H groups in total. The highest BCUT2D eigenvalue weighted by atomic mass is 16.2. The van der Waals surface area contributed by atoms with Gasteiger partial charge >= 0.3 is 0 Å². The Hall–Kier alpha value is -3.58. The molecular weight excluding hydrogens is 402 g/mol. The van der Waals surface area contributed by atoms with E-state index in [1.165, 1.54) is 25.5 Å². The maximum Gasteiger partial charge on any atom is 0.275 e. The number of aromatic nitrogens is 2. The molecule has 7 heteroatoms. The van der Waals surface area contributed by atoms with Crippen LogP contribution in [-0.4, -0.2) is 52.9 Å². The van der Waals surface area contributed by atoms with Crippen LogP contribution in [0.15, 0.2) is 67.0 Å². The van der Waals surface area contributed by atoms with Crippen molar-refractivity contribution in [3.05, 3.63) is 78.2 Å². The smallest absolute Gasteiger partial charge is 0.275 e. The summed E-state index contributed by atoms with van der Waals surface area (Å²) in [4.78, 5) is 35.9. The molecule has 0 bridgehead atoms. The van der Waals surface area contributed by atoms with E-state index in [4.69, 9.17) is 0 Å². The van der Waals surface area contributed by atoms with E-state index in [0.717, 1.165) is 25.2 Å². The Kier molecular flexibility index (Phi) is 7.19. The highest BCUT2D eigenvalue weighted by Gasteiger charge is 2.13. The summed E-state index contributed by atoms with van der Waals surface area (Å²) in [5, 5.41) is 5.80. The molecule has 32 heavy (non-hydrogen) atoms. The molecule has 2 heterocycles. The molecule has 1 aliphatic rings. The van der Waals surface area contributed by atoms with Crippen LogP contribution in [0.2, 0.25) is 0 Å². The Morgan fingerprint density at radius 3 is 2.38 bits per heavy atom. The summed E-state index contributed by atoms with van der Waals surface area (Å²) in [6.45, 7) is 3.77. The van der Waals surface area contributed by atoms with Crippen molar-refractivity contribution in [1.29, 1.82) is 0 Å². The highest BCUT2D eigenvalue weighted by Crippen LogP contribution is 2.18. The molecule has 0 unspecified atom stereocenters. The third-order valence-electron chi connectivity index (χ3n) is 5.50. The van der Waals surface area contributed by atoms with Gasteiger partial charge in [-0.1, -0.05) is 36.8 Å². The number of nitrogens with one attached hydrogen (secondary N) is 2. The van der Waals surface area contributed by atoms with Gasteiger partial charge in [-0.25, -0.2) is 4.98 Å². The van der Waals surface area contributed by atoms with Gasteiger partial charge in [0.1, 0.15) is 5.69 Å². The first-order valence-corrected chi connectivity index (χ1v) is 11.0. The minimum Gasteiger partial charge on any atom is -0.351 e. The van der Waals surface area contributed by atoms with Crippen LogP contribution in [0, 0.1) is 0 Å². The minimum atomic E-state index is -0.324. The summed E-state index contributed by atoms with van der Waals surface area (Å²) in [6.07, 6.45) is 6.83. The quantitative estimate of drug-likeness (QED) is 0.599. The van der Waals surface area contributed by atoms with Crippen molar-refractivity contribution in [3.8, 4) is 11.3 Å². The Balaban J connectivity index is 1.35. The van der Waals surface area contributed by atoms with Crippen LogP contribution in [0.3, 0.4) is 0 Å². The summed E-state index contributed by atoms with van der Waals surface area (Å²) in [5.41, 5.74) is 2.88. The first-order valence-electron chi connectivity index (χ1n) is 11.0. The van der Waals surface area contributed by atoms with Crippen LogP contribution in [0.4, 0.5) is 5.69 Å². The standard InChI is InChI=1S/C25H27N5O2/c31-24(27-13-16-30-14-5-2-6-15-30)20-11-9-19(10-12-20)22-17-26-18-23(29-22)25(32)28-21-7-3-1-4-8-21/h1,3-4,7-12,17-18H,2,5-6,13-16H2,(H,27,31)(H,28,32). The number of amides is 2. The molecule has 0 radical (unpaired) electrons. The lowest BCUT2D eigenvalue weighted by atomic mass is 10.1. The topological polar surface area (TPSA) is 87.2 Å². The lowest BCUT2D eigenvalue weighted by molar-refractivity contribution is 0.0945. The fraction of sp³-hybridized carbons (Fsp3) is 0.280. The van der Waals surface area contributed by atoms with Crippen LogP contribution in [0.25, 0.3) is 11.3 Å². The third kappa shape index (κ3) is 5.76. The van der Waals surface area contributed by atoms with E-state index in [-0.39, 0.29) is 17.5 Å². The van der Waals surface area contributed by atoms with E-state index >= 15 is 0 Å². The largest absolute Gasteiger partial charge is 0.351 e. The molecule has 0 saturated carbocycles. The number of carbonyl (C=O) groups is 2. The van der Waals surface area contributed by atoms with Crippen molar-refractivity contribution in [2.24, 2.45) is 0 Å². The zero-order chi connectivity index (χ0) is 22.2. The minimum absolute atomic E-state index is 0.0874. The molecule has 1 aromatic heterocycles. The van der Waals surface area contributed by atoms with Crippen LogP contribution < -0.4 is 10.6 Å². The van der Waals surface area contributed by atoms with Gasteiger partial charge in [0.15, 0.2) is 0 Å². The van der Waals surface area contributed by atoms with E-state index in [0.29, 0.717) is 23.5 Å². The SMILES string of the molecule is O=C(NCCN1CCCCC1)c1ccc(-c2cncc(C(=O)Nc3ccccc3)n2)cc1. The summed E-state index contributed by atoms with van der Waals surface area (Å²) in [6, 6.07) is 16.4. The van der Waals surface area contributed by atoms with Gasteiger partial charge in [0.05, 0.1) is 18.1 Å². The molecule has 7 nitrogen and oxygen atoms in total. The van der Waals surface area contributed by atoms with E-state index in [1.54, 1.807) is 18.3 Å². The van der Waals surface area contributed by atoms with Crippen LogP contribution in [-0.2, 0) is 0 Å². The number of benzene rings is 2. The number of rotatable bonds is 7. The summed E-state index contributed by atoms with van der Waals surface area (Å²) < 4.78 is 0. The van der Waals surface area contributed by atoms with E-state index in [2.05, 4.69) is 25.5 Å². The Bertz CT molecular complexity index is 1050. The fourth-order valence-corrected chi connectivity index (χ4v) is 3.74. The maximum absolute atomic E-state index is 12.5. The van der Waals surface area contributed by atoms with Crippen molar-refractivity contribution in [2.45, 2.75) is 19.3 Å². The predicted molar refractivity (Wildman–Crippen MR) is 124 cm³/mol. The Labute approximate surface area is 187 Å². The number of anilines is 1. The molecule has 0 atom stereocenters. The molecule has 4 rings (SSSR count). The molecule has 164 valence electrons. The molecule has 3 aromatic rings. The van der Waals surface area contributed by atoms with Gasteiger partial charge in [0, 0.05) is 29.9 Å². The fourth-order valence-electron chi connectivity index (χ4n) is 3.74. The van der Waals surface area contributed by atoms with Crippen molar-refractivity contribution >= 4 is 17.5 Å². The van der Waals surface area contributed by atoms with E-state index in [9.17, 15) is 9.59 Å². The summed E-state index contributed by atoms with van der Waals surface area (Å²) >= 11 is 0. The van der Waals surface area contributed by atoms with Gasteiger partial charge in [-0.05, 0) is 50.2 Å². The average Bonchev–Trinajstić information content (AvgIpc) is 2.85. The highest BCUT2D eigenvalue weighted by molar-refractivity contribution is 6.03. The lowest BCUT2D eigenvalue weighted by Gasteiger charge is -2.26. The van der Waals surface area contributed by atoms with Crippen LogP contribution >= 0.6 is 0 Å². The second-order valence-electron chi connectivity index (χ2n) is 7.85. The van der Waals surface area contributed by atoms with Gasteiger partial charge in [-0.15, -0.1) is 0 Å². The van der Waals surface area contributed by atoms with Gasteiger partial charge in [0.2, 0.25) is 0 Å². The lowest BCUT2D eigenvalue weighted by Crippen LogP contribution is -2.37. The van der Waals surface area contributed by atoms with Gasteiger partial charge < -0.3 is 15.5 Å². The Morgan fingerprint density at radius 1 is 0.875 bits per heavy atom. The first-order chi connectivity index (χ1) is 15.7. The zero-order valence-corrected chi connectivity index (χ0v) is 18.0. The number of piperidine rings is 1. The Morgan fingerprint density at radius 2 is 1.62 bits per heavy atom. The number of hydrogen-bond donors (Lipinski definition) is 2. The molecule has 1 fully saturated rings. The molecule has 1 aliphatic heterocycles. The molecule has 0 aliphatic carbocycles. The predicted octanol–water partition coefficient (Wildman–Crippen LogP) is 3.61. The second-order valence-corrected chi connectivity index (χ2v) is 7.85. The number of nitrogens with zero attached hydrogens (tertiary/aromatic N) is 3. The van der Waals surface area contributed by atoms with E-state index < -0.39 is 0 Å². The van der Waals surface area contributed by atoms with Crippen LogP contribution in [0.5, 0.6) is 0 Å². The molecule has 0 spiro atoms. The molecular formula is C25H27N5O2. The van der Waals surface area contributed by atoms with Crippen LogP contribution in [0.1, 0.15) is 40.1 Å². The molecule has 2 aromatic carbocycles. The monoisotopic (exact) mass is 429 g/mol. The van der Waals surface area contributed by atoms with Gasteiger partial charge in [-0.3, -0.25) is 14.6 Å². The zero-order valence-electron chi connectivity index (χ0n) is 18.0. The molecule has 1 saturated heterocycles. The normalized spacial score (nSPS) is 14.0. The molecule has 2 amide bonds. The van der Waals surface area contributed by atoms with Crippen molar-refractivity contribution in [2.75, 3.05) is 31.5 Å². The summed E-state index contributed by atoms with van der Waals surface area (Å²) in [5.74, 6) is -0.411. The third-order valence-corrected chi connectivity index (χ3v) is 5.50.